The van der Waals surface area contributed by atoms with Crippen molar-refractivity contribution in [1.82, 2.24) is 4.57 Å². The SMILES string of the molecule is CC(C)c1cc(C(N)=O)cc2c1ccn2C. The molecular weight excluding hydrogens is 200 g/mol. The Bertz CT molecular complexity index is 552. The number of fused-ring (bicyclic) bond motifs is 1. The van der Waals surface area contributed by atoms with Gasteiger partial charge in [0.15, 0.2) is 0 Å². The maximum absolute atomic E-state index is 11.3. The summed E-state index contributed by atoms with van der Waals surface area (Å²) in [6, 6.07) is 5.83. The van der Waals surface area contributed by atoms with Gasteiger partial charge in [0.05, 0.1) is 0 Å². The van der Waals surface area contributed by atoms with Crippen LogP contribution in [0.15, 0.2) is 24.4 Å². The monoisotopic (exact) mass is 216 g/mol. The van der Waals surface area contributed by atoms with Crippen LogP contribution in [0, 0.1) is 0 Å². The van der Waals surface area contributed by atoms with Crippen LogP contribution in [-0.2, 0) is 7.05 Å². The Kier molecular flexibility index (Phi) is 2.46. The van der Waals surface area contributed by atoms with Gasteiger partial charge in [-0.2, -0.15) is 0 Å². The Morgan fingerprint density at radius 1 is 1.38 bits per heavy atom. The van der Waals surface area contributed by atoms with E-state index in [1.54, 1.807) is 0 Å². The van der Waals surface area contributed by atoms with Crippen molar-refractivity contribution in [3.63, 3.8) is 0 Å². The van der Waals surface area contributed by atoms with E-state index in [2.05, 4.69) is 19.9 Å². The van der Waals surface area contributed by atoms with Crippen LogP contribution < -0.4 is 5.73 Å². The second-order valence-corrected chi connectivity index (χ2v) is 4.44. The number of aromatic nitrogens is 1. The summed E-state index contributed by atoms with van der Waals surface area (Å²) in [4.78, 5) is 11.3. The highest BCUT2D eigenvalue weighted by molar-refractivity contribution is 5.98. The number of carbonyl (C=O) groups is 1. The van der Waals surface area contributed by atoms with Gasteiger partial charge in [-0.1, -0.05) is 13.8 Å². The highest BCUT2D eigenvalue weighted by Gasteiger charge is 2.12. The Balaban J connectivity index is 2.80. The maximum atomic E-state index is 11.3. The van der Waals surface area contributed by atoms with Crippen molar-refractivity contribution < 1.29 is 4.79 Å². The topological polar surface area (TPSA) is 48.0 Å². The third-order valence-corrected chi connectivity index (χ3v) is 2.94. The van der Waals surface area contributed by atoms with Crippen LogP contribution in [0.5, 0.6) is 0 Å². The first-order chi connectivity index (χ1) is 7.50. The molecule has 0 aliphatic rings. The Morgan fingerprint density at radius 3 is 2.62 bits per heavy atom. The molecule has 1 amide bonds. The van der Waals surface area contributed by atoms with Gasteiger partial charge in [0.2, 0.25) is 5.91 Å². The van der Waals surface area contributed by atoms with E-state index in [4.69, 9.17) is 5.73 Å². The number of amides is 1. The van der Waals surface area contributed by atoms with Gasteiger partial charge < -0.3 is 10.3 Å². The van der Waals surface area contributed by atoms with Crippen molar-refractivity contribution in [3.8, 4) is 0 Å². The minimum absolute atomic E-state index is 0.370. The summed E-state index contributed by atoms with van der Waals surface area (Å²) in [5.74, 6) is 0.00852. The minimum atomic E-state index is -0.370. The van der Waals surface area contributed by atoms with Crippen LogP contribution in [-0.4, -0.2) is 10.5 Å². The van der Waals surface area contributed by atoms with E-state index in [0.29, 0.717) is 11.5 Å². The molecular formula is C13H16N2O. The molecule has 0 radical (unpaired) electrons. The molecule has 0 fully saturated rings. The zero-order valence-corrected chi connectivity index (χ0v) is 9.82. The van der Waals surface area contributed by atoms with Gasteiger partial charge in [-0.25, -0.2) is 0 Å². The molecule has 0 aliphatic carbocycles. The van der Waals surface area contributed by atoms with E-state index >= 15 is 0 Å². The number of hydrogen-bond acceptors (Lipinski definition) is 1. The van der Waals surface area contributed by atoms with Crippen molar-refractivity contribution in [2.75, 3.05) is 0 Å². The predicted octanol–water partition coefficient (Wildman–Crippen LogP) is 2.40. The lowest BCUT2D eigenvalue weighted by Crippen LogP contribution is -2.11. The molecule has 84 valence electrons. The van der Waals surface area contributed by atoms with Crippen LogP contribution in [0.25, 0.3) is 10.9 Å². The van der Waals surface area contributed by atoms with E-state index in [9.17, 15) is 4.79 Å². The molecule has 3 nitrogen and oxygen atoms in total. The largest absolute Gasteiger partial charge is 0.366 e. The standard InChI is InChI=1S/C13H16N2O/c1-8(2)11-6-9(13(14)16)7-12-10(11)4-5-15(12)3/h4-8H,1-3H3,(H2,14,16). The van der Waals surface area contributed by atoms with Crippen LogP contribution in [0.4, 0.5) is 0 Å². The molecule has 0 aliphatic heterocycles. The van der Waals surface area contributed by atoms with Gasteiger partial charge in [-0.3, -0.25) is 4.79 Å². The van der Waals surface area contributed by atoms with E-state index < -0.39 is 0 Å². The third-order valence-electron chi connectivity index (χ3n) is 2.94. The van der Waals surface area contributed by atoms with Crippen LogP contribution in [0.2, 0.25) is 0 Å². The molecule has 0 atom stereocenters. The average Bonchev–Trinajstić information content (AvgIpc) is 2.59. The average molecular weight is 216 g/mol. The van der Waals surface area contributed by atoms with Gasteiger partial charge in [0.25, 0.3) is 0 Å². The summed E-state index contributed by atoms with van der Waals surface area (Å²) in [5.41, 5.74) is 8.15. The number of carbonyl (C=O) groups excluding carboxylic acids is 1. The van der Waals surface area contributed by atoms with E-state index in [-0.39, 0.29) is 5.91 Å². The number of benzene rings is 1. The maximum Gasteiger partial charge on any atom is 0.248 e. The summed E-state index contributed by atoms with van der Waals surface area (Å²) in [7, 11) is 1.97. The molecule has 0 saturated carbocycles. The van der Waals surface area contributed by atoms with Crippen molar-refractivity contribution in [2.24, 2.45) is 12.8 Å². The van der Waals surface area contributed by atoms with Gasteiger partial charge in [0.1, 0.15) is 0 Å². The molecule has 2 aromatic rings. The van der Waals surface area contributed by atoms with E-state index in [0.717, 1.165) is 5.52 Å². The highest BCUT2D eigenvalue weighted by Crippen LogP contribution is 2.27. The first-order valence-electron chi connectivity index (χ1n) is 5.39. The highest BCUT2D eigenvalue weighted by atomic mass is 16.1. The molecule has 0 bridgehead atoms. The van der Waals surface area contributed by atoms with Crippen molar-refractivity contribution in [1.29, 1.82) is 0 Å². The smallest absolute Gasteiger partial charge is 0.248 e. The van der Waals surface area contributed by atoms with Crippen LogP contribution in [0.1, 0.15) is 35.7 Å². The lowest BCUT2D eigenvalue weighted by Gasteiger charge is -2.10. The van der Waals surface area contributed by atoms with Crippen LogP contribution >= 0.6 is 0 Å². The lowest BCUT2D eigenvalue weighted by molar-refractivity contribution is 0.100. The zero-order valence-electron chi connectivity index (χ0n) is 9.82. The summed E-state index contributed by atoms with van der Waals surface area (Å²) in [6.07, 6.45) is 2.00. The van der Waals surface area contributed by atoms with Crippen molar-refractivity contribution in [2.45, 2.75) is 19.8 Å². The molecule has 0 spiro atoms. The van der Waals surface area contributed by atoms with Crippen LogP contribution in [0.3, 0.4) is 0 Å². The third kappa shape index (κ3) is 1.58. The second kappa shape index (κ2) is 3.67. The second-order valence-electron chi connectivity index (χ2n) is 4.44. The Labute approximate surface area is 94.9 Å². The first-order valence-corrected chi connectivity index (χ1v) is 5.39. The van der Waals surface area contributed by atoms with Gasteiger partial charge in [-0.05, 0) is 29.7 Å². The predicted molar refractivity (Wildman–Crippen MR) is 65.5 cm³/mol. The summed E-state index contributed by atoms with van der Waals surface area (Å²) < 4.78 is 2.01. The fourth-order valence-corrected chi connectivity index (χ4v) is 2.02. The number of aryl methyl sites for hydroxylation is 1. The number of hydrogen-bond donors (Lipinski definition) is 1. The normalized spacial score (nSPS) is 11.2. The summed E-state index contributed by atoms with van der Waals surface area (Å²) in [5, 5.41) is 1.20. The van der Waals surface area contributed by atoms with Gasteiger partial charge in [0, 0.05) is 29.7 Å². The summed E-state index contributed by atoms with van der Waals surface area (Å²) >= 11 is 0. The zero-order chi connectivity index (χ0) is 11.9. The van der Waals surface area contributed by atoms with Gasteiger partial charge in [-0.15, -0.1) is 0 Å². The van der Waals surface area contributed by atoms with Crippen molar-refractivity contribution in [3.05, 3.63) is 35.5 Å². The van der Waals surface area contributed by atoms with E-state index in [1.807, 2.05) is 29.9 Å². The fourth-order valence-electron chi connectivity index (χ4n) is 2.02. The Hall–Kier alpha value is -1.77. The molecule has 1 heterocycles. The molecule has 0 saturated heterocycles. The van der Waals surface area contributed by atoms with E-state index in [1.165, 1.54) is 10.9 Å². The first kappa shape index (κ1) is 10.7. The molecule has 1 aromatic carbocycles. The number of nitrogens with zero attached hydrogens (tertiary/aromatic N) is 1. The molecule has 16 heavy (non-hydrogen) atoms. The molecule has 3 heteroatoms. The Morgan fingerprint density at radius 2 is 2.06 bits per heavy atom. The minimum Gasteiger partial charge on any atom is -0.366 e. The van der Waals surface area contributed by atoms with Gasteiger partial charge >= 0.3 is 0 Å². The molecule has 0 unspecified atom stereocenters. The molecule has 2 N–H and O–H groups in total. The fraction of sp³-hybridized carbons (Fsp3) is 0.308. The quantitative estimate of drug-likeness (QED) is 0.823. The van der Waals surface area contributed by atoms with Crippen molar-refractivity contribution >= 4 is 16.8 Å². The number of primary amides is 1. The molecule has 2 rings (SSSR count). The molecule has 1 aromatic heterocycles. The number of rotatable bonds is 2. The summed E-state index contributed by atoms with van der Waals surface area (Å²) in [6.45, 7) is 4.24. The number of nitrogens with two attached hydrogens (primary N) is 1. The lowest BCUT2D eigenvalue weighted by atomic mass is 9.96.